The van der Waals surface area contributed by atoms with Crippen LogP contribution in [-0.2, 0) is 12.0 Å². The molecule has 3 rings (SSSR count). The van der Waals surface area contributed by atoms with Crippen LogP contribution in [0.15, 0.2) is 47.5 Å². The van der Waals surface area contributed by atoms with Crippen molar-refractivity contribution in [2.75, 3.05) is 20.7 Å². The first kappa shape index (κ1) is 17.5. The Morgan fingerprint density at radius 2 is 2.04 bits per heavy atom. The average molecular weight is 359 g/mol. The Bertz CT molecular complexity index is 759. The molecule has 1 fully saturated rings. The molecule has 0 radical (unpaired) electrons. The van der Waals surface area contributed by atoms with Crippen molar-refractivity contribution in [2.45, 2.75) is 24.8 Å². The molecule has 1 aliphatic rings. The molecule has 2 aromatic rings. The summed E-state index contributed by atoms with van der Waals surface area (Å²) in [5, 5.41) is 7.51. The first-order valence-corrected chi connectivity index (χ1v) is 8.73. The number of hydrogen-bond donors (Lipinski definition) is 2. The highest BCUT2D eigenvalue weighted by Gasteiger charge is 2.44. The van der Waals surface area contributed by atoms with Crippen LogP contribution in [-0.4, -0.2) is 31.6 Å². The number of benzene rings is 1. The third kappa shape index (κ3) is 4.42. The molecule has 25 heavy (non-hydrogen) atoms. The van der Waals surface area contributed by atoms with Crippen LogP contribution < -0.4 is 15.4 Å². The van der Waals surface area contributed by atoms with Crippen LogP contribution in [0.5, 0.6) is 5.88 Å². The van der Waals surface area contributed by atoms with E-state index in [1.165, 1.54) is 5.56 Å². The van der Waals surface area contributed by atoms with Crippen LogP contribution in [0, 0.1) is 0 Å². The van der Waals surface area contributed by atoms with Gasteiger partial charge >= 0.3 is 0 Å². The number of hydrogen-bond acceptors (Lipinski definition) is 3. The Morgan fingerprint density at radius 3 is 2.72 bits per heavy atom. The van der Waals surface area contributed by atoms with Crippen LogP contribution in [0.2, 0.25) is 5.02 Å². The lowest BCUT2D eigenvalue weighted by molar-refractivity contribution is 0.396. The summed E-state index contributed by atoms with van der Waals surface area (Å²) < 4.78 is 5.15. The highest BCUT2D eigenvalue weighted by Crippen LogP contribution is 2.48. The third-order valence-corrected chi connectivity index (χ3v) is 4.77. The maximum Gasteiger partial charge on any atom is 0.213 e. The second-order valence-corrected chi connectivity index (χ2v) is 6.68. The molecule has 0 aliphatic heterocycles. The van der Waals surface area contributed by atoms with Crippen molar-refractivity contribution in [1.29, 1.82) is 0 Å². The standard InChI is InChI=1S/C19H23ClN4O/c1-21-18(22-12-16-7-4-8-17(24-16)25-2)23-13-19(9-10-19)14-5-3-6-15(20)11-14/h3-8,11H,9-10,12-13H2,1-2H3,(H2,21,22,23). The number of aromatic nitrogens is 1. The summed E-state index contributed by atoms with van der Waals surface area (Å²) in [5.74, 6) is 1.37. The fraction of sp³-hybridized carbons (Fsp3) is 0.368. The predicted molar refractivity (Wildman–Crippen MR) is 101 cm³/mol. The van der Waals surface area contributed by atoms with Gasteiger partial charge in [-0.05, 0) is 36.6 Å². The van der Waals surface area contributed by atoms with Gasteiger partial charge in [-0.1, -0.05) is 29.8 Å². The summed E-state index contributed by atoms with van der Waals surface area (Å²) in [4.78, 5) is 8.69. The minimum absolute atomic E-state index is 0.163. The molecule has 1 saturated carbocycles. The number of guanidine groups is 1. The van der Waals surface area contributed by atoms with E-state index in [0.717, 1.165) is 36.1 Å². The molecule has 0 saturated heterocycles. The molecule has 1 heterocycles. The molecule has 1 aromatic carbocycles. The summed E-state index contributed by atoms with van der Waals surface area (Å²) in [5.41, 5.74) is 2.35. The lowest BCUT2D eigenvalue weighted by Crippen LogP contribution is -2.41. The molecule has 0 spiro atoms. The van der Waals surface area contributed by atoms with E-state index >= 15 is 0 Å². The topological polar surface area (TPSA) is 58.5 Å². The highest BCUT2D eigenvalue weighted by molar-refractivity contribution is 6.30. The molecule has 0 amide bonds. The molecular weight excluding hydrogens is 336 g/mol. The third-order valence-electron chi connectivity index (χ3n) is 4.54. The average Bonchev–Trinajstić information content (AvgIpc) is 3.43. The van der Waals surface area contributed by atoms with E-state index in [1.807, 2.05) is 30.3 Å². The smallest absolute Gasteiger partial charge is 0.213 e. The summed E-state index contributed by atoms with van der Waals surface area (Å²) in [7, 11) is 3.39. The number of nitrogens with zero attached hydrogens (tertiary/aromatic N) is 2. The van der Waals surface area contributed by atoms with Gasteiger partial charge in [-0.25, -0.2) is 4.98 Å². The zero-order valence-electron chi connectivity index (χ0n) is 14.6. The molecule has 2 N–H and O–H groups in total. The van der Waals surface area contributed by atoms with Gasteiger partial charge in [-0.2, -0.15) is 0 Å². The number of halogens is 1. The summed E-state index contributed by atoms with van der Waals surface area (Å²) in [6.45, 7) is 1.42. The van der Waals surface area contributed by atoms with Crippen molar-refractivity contribution in [3.8, 4) is 5.88 Å². The number of ether oxygens (including phenoxy) is 1. The van der Waals surface area contributed by atoms with E-state index in [2.05, 4.69) is 32.7 Å². The lowest BCUT2D eigenvalue weighted by Gasteiger charge is -2.19. The summed E-state index contributed by atoms with van der Waals surface area (Å²) in [6.07, 6.45) is 2.32. The van der Waals surface area contributed by atoms with E-state index in [9.17, 15) is 0 Å². The van der Waals surface area contributed by atoms with Gasteiger partial charge in [0.1, 0.15) is 0 Å². The minimum Gasteiger partial charge on any atom is -0.481 e. The molecule has 0 unspecified atom stereocenters. The first-order chi connectivity index (χ1) is 12.1. The van der Waals surface area contributed by atoms with E-state index in [1.54, 1.807) is 14.2 Å². The molecule has 1 aromatic heterocycles. The minimum atomic E-state index is 0.163. The summed E-state index contributed by atoms with van der Waals surface area (Å²) in [6, 6.07) is 13.9. The zero-order valence-corrected chi connectivity index (χ0v) is 15.3. The first-order valence-electron chi connectivity index (χ1n) is 8.36. The number of rotatable bonds is 6. The SMILES string of the molecule is CN=C(NCc1cccc(OC)n1)NCC1(c2cccc(Cl)c2)CC1. The fourth-order valence-electron chi connectivity index (χ4n) is 2.85. The zero-order chi connectivity index (χ0) is 17.7. The Balaban J connectivity index is 1.56. The second kappa shape index (κ2) is 7.74. The van der Waals surface area contributed by atoms with Gasteiger partial charge in [-0.15, -0.1) is 0 Å². The largest absolute Gasteiger partial charge is 0.481 e. The van der Waals surface area contributed by atoms with Gasteiger partial charge in [0.15, 0.2) is 5.96 Å². The van der Waals surface area contributed by atoms with Crippen LogP contribution in [0.1, 0.15) is 24.1 Å². The molecule has 5 nitrogen and oxygen atoms in total. The predicted octanol–water partition coefficient (Wildman–Crippen LogP) is 3.14. The monoisotopic (exact) mass is 358 g/mol. The van der Waals surface area contributed by atoms with Crippen molar-refractivity contribution in [1.82, 2.24) is 15.6 Å². The van der Waals surface area contributed by atoms with Gasteiger partial charge in [-0.3, -0.25) is 4.99 Å². The number of aliphatic imine (C=N–C) groups is 1. The molecule has 1 aliphatic carbocycles. The Labute approximate surface area is 153 Å². The normalized spacial score (nSPS) is 15.6. The molecule has 0 atom stereocenters. The van der Waals surface area contributed by atoms with Crippen molar-refractivity contribution in [3.63, 3.8) is 0 Å². The quantitative estimate of drug-likeness (QED) is 0.615. The molecule has 6 heteroatoms. The van der Waals surface area contributed by atoms with Crippen LogP contribution in [0.25, 0.3) is 0 Å². The van der Waals surface area contributed by atoms with Crippen molar-refractivity contribution >= 4 is 17.6 Å². The number of nitrogens with one attached hydrogen (secondary N) is 2. The molecule has 0 bridgehead atoms. The van der Waals surface area contributed by atoms with Gasteiger partial charge in [0.2, 0.25) is 5.88 Å². The Hall–Kier alpha value is -2.27. The van der Waals surface area contributed by atoms with Gasteiger partial charge in [0.05, 0.1) is 19.3 Å². The Morgan fingerprint density at radius 1 is 1.24 bits per heavy atom. The molecule has 132 valence electrons. The van der Waals surface area contributed by atoms with Crippen molar-refractivity contribution in [3.05, 3.63) is 58.7 Å². The van der Waals surface area contributed by atoms with Gasteiger partial charge in [0, 0.05) is 30.1 Å². The van der Waals surface area contributed by atoms with E-state index in [0.29, 0.717) is 12.4 Å². The van der Waals surface area contributed by atoms with Crippen LogP contribution in [0.3, 0.4) is 0 Å². The molecular formula is C19H23ClN4O. The lowest BCUT2D eigenvalue weighted by atomic mass is 9.96. The van der Waals surface area contributed by atoms with Gasteiger partial charge < -0.3 is 15.4 Å². The Kier molecular flexibility index (Phi) is 5.43. The van der Waals surface area contributed by atoms with Crippen LogP contribution >= 0.6 is 11.6 Å². The maximum absolute atomic E-state index is 6.14. The fourth-order valence-corrected chi connectivity index (χ4v) is 3.04. The van der Waals surface area contributed by atoms with Crippen molar-refractivity contribution < 1.29 is 4.74 Å². The summed E-state index contributed by atoms with van der Waals surface area (Å²) >= 11 is 6.14. The maximum atomic E-state index is 6.14. The second-order valence-electron chi connectivity index (χ2n) is 6.24. The highest BCUT2D eigenvalue weighted by atomic mass is 35.5. The van der Waals surface area contributed by atoms with Crippen molar-refractivity contribution in [2.24, 2.45) is 4.99 Å². The van der Waals surface area contributed by atoms with E-state index in [4.69, 9.17) is 16.3 Å². The van der Waals surface area contributed by atoms with Gasteiger partial charge in [0.25, 0.3) is 0 Å². The number of pyridine rings is 1. The van der Waals surface area contributed by atoms with Crippen LogP contribution in [0.4, 0.5) is 0 Å². The van der Waals surface area contributed by atoms with E-state index < -0.39 is 0 Å². The van der Waals surface area contributed by atoms with E-state index in [-0.39, 0.29) is 5.41 Å². The number of methoxy groups -OCH3 is 1.